The molecular weight excluding hydrogens is 210 g/mol. The molecule has 0 aromatic heterocycles. The van der Waals surface area contributed by atoms with Crippen LogP contribution in [-0.2, 0) is 4.74 Å². The first kappa shape index (κ1) is 13.3. The molecule has 0 amide bonds. The molecule has 2 N–H and O–H groups in total. The van der Waals surface area contributed by atoms with E-state index in [-0.39, 0.29) is 6.10 Å². The van der Waals surface area contributed by atoms with E-state index in [0.29, 0.717) is 18.4 Å². The smallest absolute Gasteiger partial charge is 0.0897 e. The Balaban J connectivity index is 1.85. The molecule has 0 heterocycles. The van der Waals surface area contributed by atoms with Crippen molar-refractivity contribution in [2.75, 3.05) is 32.6 Å². The lowest BCUT2D eigenvalue weighted by Gasteiger charge is -2.14. The van der Waals surface area contributed by atoms with Gasteiger partial charge in [-0.3, -0.25) is 0 Å². The highest BCUT2D eigenvalue weighted by Crippen LogP contribution is 2.28. The van der Waals surface area contributed by atoms with Gasteiger partial charge in [-0.2, -0.15) is 11.8 Å². The predicted molar refractivity (Wildman–Crippen MR) is 65.4 cm³/mol. The number of hydrogen-bond acceptors (Lipinski definition) is 4. The van der Waals surface area contributed by atoms with Gasteiger partial charge in [0.15, 0.2) is 0 Å². The van der Waals surface area contributed by atoms with Gasteiger partial charge in [0.1, 0.15) is 0 Å². The molecule has 90 valence electrons. The molecule has 1 saturated carbocycles. The first-order valence-corrected chi connectivity index (χ1v) is 7.00. The standard InChI is InChI=1S/C11H23NO2S/c1-9(15-2)5-12-6-11(13)8-14-7-10-3-4-10/h9-13H,3-8H2,1-2H3. The molecule has 1 aliphatic carbocycles. The summed E-state index contributed by atoms with van der Waals surface area (Å²) < 4.78 is 5.41. The summed E-state index contributed by atoms with van der Waals surface area (Å²) >= 11 is 1.83. The summed E-state index contributed by atoms with van der Waals surface area (Å²) in [4.78, 5) is 0. The lowest BCUT2D eigenvalue weighted by molar-refractivity contribution is 0.0327. The van der Waals surface area contributed by atoms with E-state index in [0.717, 1.165) is 19.1 Å². The lowest BCUT2D eigenvalue weighted by Crippen LogP contribution is -2.33. The topological polar surface area (TPSA) is 41.5 Å². The van der Waals surface area contributed by atoms with Gasteiger partial charge in [-0.15, -0.1) is 0 Å². The van der Waals surface area contributed by atoms with Crippen LogP contribution >= 0.6 is 11.8 Å². The van der Waals surface area contributed by atoms with Gasteiger partial charge in [0.2, 0.25) is 0 Å². The number of nitrogens with one attached hydrogen (secondary N) is 1. The summed E-state index contributed by atoms with van der Waals surface area (Å²) in [6.07, 6.45) is 4.35. The largest absolute Gasteiger partial charge is 0.389 e. The van der Waals surface area contributed by atoms with E-state index in [4.69, 9.17) is 4.74 Å². The highest BCUT2D eigenvalue weighted by Gasteiger charge is 2.21. The fourth-order valence-corrected chi connectivity index (χ4v) is 1.54. The summed E-state index contributed by atoms with van der Waals surface area (Å²) in [5.41, 5.74) is 0. The molecule has 1 rings (SSSR count). The van der Waals surface area contributed by atoms with Crippen LogP contribution in [-0.4, -0.2) is 49.0 Å². The SMILES string of the molecule is CSC(C)CNCC(O)COCC1CC1. The average molecular weight is 233 g/mol. The van der Waals surface area contributed by atoms with Crippen LogP contribution in [0.2, 0.25) is 0 Å². The van der Waals surface area contributed by atoms with Crippen molar-refractivity contribution in [2.45, 2.75) is 31.1 Å². The van der Waals surface area contributed by atoms with E-state index < -0.39 is 0 Å². The predicted octanol–water partition coefficient (Wildman–Crippen LogP) is 1.11. The first-order chi connectivity index (χ1) is 7.22. The summed E-state index contributed by atoms with van der Waals surface area (Å²) in [5, 5.41) is 13.4. The number of ether oxygens (including phenoxy) is 1. The number of rotatable bonds is 9. The maximum absolute atomic E-state index is 9.57. The molecule has 0 radical (unpaired) electrons. The Morgan fingerprint density at radius 3 is 2.80 bits per heavy atom. The van der Waals surface area contributed by atoms with Crippen molar-refractivity contribution in [1.29, 1.82) is 0 Å². The molecule has 4 heteroatoms. The normalized spacial score (nSPS) is 20.2. The van der Waals surface area contributed by atoms with Crippen molar-refractivity contribution in [3.63, 3.8) is 0 Å². The van der Waals surface area contributed by atoms with Gasteiger partial charge in [-0.05, 0) is 25.0 Å². The number of aliphatic hydroxyl groups is 1. The maximum atomic E-state index is 9.57. The van der Waals surface area contributed by atoms with Crippen molar-refractivity contribution >= 4 is 11.8 Å². The average Bonchev–Trinajstić information content (AvgIpc) is 3.01. The molecule has 1 fully saturated rings. The van der Waals surface area contributed by atoms with Gasteiger partial charge in [-0.25, -0.2) is 0 Å². The molecule has 3 nitrogen and oxygen atoms in total. The Kier molecular flexibility index (Phi) is 6.64. The molecule has 0 aliphatic heterocycles. The second-order valence-corrected chi connectivity index (χ2v) is 5.62. The summed E-state index contributed by atoms with van der Waals surface area (Å²) in [5.74, 6) is 0.779. The quantitative estimate of drug-likeness (QED) is 0.626. The van der Waals surface area contributed by atoms with Crippen molar-refractivity contribution in [3.8, 4) is 0 Å². The molecule has 0 saturated heterocycles. The minimum Gasteiger partial charge on any atom is -0.389 e. The van der Waals surface area contributed by atoms with Gasteiger partial charge >= 0.3 is 0 Å². The fourth-order valence-electron chi connectivity index (χ4n) is 1.25. The van der Waals surface area contributed by atoms with Crippen LogP contribution in [0.25, 0.3) is 0 Å². The Hall–Kier alpha value is 0.230. The third-order valence-corrected chi connectivity index (χ3v) is 3.55. The molecule has 0 aromatic carbocycles. The van der Waals surface area contributed by atoms with Gasteiger partial charge in [0.05, 0.1) is 12.7 Å². The minimum absolute atomic E-state index is 0.363. The molecule has 0 aromatic rings. The van der Waals surface area contributed by atoms with Crippen LogP contribution in [0.5, 0.6) is 0 Å². The van der Waals surface area contributed by atoms with Gasteiger partial charge < -0.3 is 15.2 Å². The second kappa shape index (κ2) is 7.49. The molecule has 0 bridgehead atoms. The Bertz CT molecular complexity index is 165. The van der Waals surface area contributed by atoms with Crippen LogP contribution in [0.3, 0.4) is 0 Å². The second-order valence-electron chi connectivity index (χ2n) is 4.34. The minimum atomic E-state index is -0.363. The monoisotopic (exact) mass is 233 g/mol. The van der Waals surface area contributed by atoms with Crippen molar-refractivity contribution in [2.24, 2.45) is 5.92 Å². The Morgan fingerprint density at radius 2 is 2.20 bits per heavy atom. The van der Waals surface area contributed by atoms with Crippen LogP contribution in [0.15, 0.2) is 0 Å². The third kappa shape index (κ3) is 7.17. The Labute approximate surface area is 97.0 Å². The lowest BCUT2D eigenvalue weighted by atomic mass is 10.3. The molecule has 1 aliphatic rings. The van der Waals surface area contributed by atoms with Gasteiger partial charge in [0.25, 0.3) is 0 Å². The van der Waals surface area contributed by atoms with Gasteiger partial charge in [0, 0.05) is 24.9 Å². The van der Waals surface area contributed by atoms with Crippen LogP contribution in [0.4, 0.5) is 0 Å². The molecule has 0 spiro atoms. The number of aliphatic hydroxyl groups excluding tert-OH is 1. The third-order valence-electron chi connectivity index (χ3n) is 2.57. The number of thioether (sulfide) groups is 1. The van der Waals surface area contributed by atoms with E-state index in [1.807, 2.05) is 11.8 Å². The fraction of sp³-hybridized carbons (Fsp3) is 1.00. The van der Waals surface area contributed by atoms with Crippen molar-refractivity contribution in [1.82, 2.24) is 5.32 Å². The van der Waals surface area contributed by atoms with E-state index in [1.54, 1.807) is 0 Å². The summed E-state index contributed by atoms with van der Waals surface area (Å²) in [6, 6.07) is 0. The Morgan fingerprint density at radius 1 is 1.47 bits per heavy atom. The zero-order chi connectivity index (χ0) is 11.1. The highest BCUT2D eigenvalue weighted by molar-refractivity contribution is 7.99. The van der Waals surface area contributed by atoms with Crippen LogP contribution in [0, 0.1) is 5.92 Å². The van der Waals surface area contributed by atoms with Crippen LogP contribution < -0.4 is 5.32 Å². The summed E-state index contributed by atoms with van der Waals surface area (Å²) in [6.45, 7) is 5.06. The molecule has 2 unspecified atom stereocenters. The van der Waals surface area contributed by atoms with Crippen molar-refractivity contribution < 1.29 is 9.84 Å². The first-order valence-electron chi connectivity index (χ1n) is 5.71. The van der Waals surface area contributed by atoms with Crippen molar-refractivity contribution in [3.05, 3.63) is 0 Å². The van der Waals surface area contributed by atoms with E-state index in [1.165, 1.54) is 12.8 Å². The zero-order valence-electron chi connectivity index (χ0n) is 9.74. The zero-order valence-corrected chi connectivity index (χ0v) is 10.6. The number of hydrogen-bond donors (Lipinski definition) is 2. The summed E-state index contributed by atoms with van der Waals surface area (Å²) in [7, 11) is 0. The molecular formula is C11H23NO2S. The maximum Gasteiger partial charge on any atom is 0.0897 e. The van der Waals surface area contributed by atoms with E-state index in [9.17, 15) is 5.11 Å². The van der Waals surface area contributed by atoms with E-state index in [2.05, 4.69) is 18.5 Å². The molecule has 2 atom stereocenters. The van der Waals surface area contributed by atoms with Gasteiger partial charge in [-0.1, -0.05) is 6.92 Å². The molecule has 15 heavy (non-hydrogen) atoms. The van der Waals surface area contributed by atoms with E-state index >= 15 is 0 Å². The van der Waals surface area contributed by atoms with Crippen LogP contribution in [0.1, 0.15) is 19.8 Å². The highest BCUT2D eigenvalue weighted by atomic mass is 32.2.